The number of rotatable bonds is 8. The molecule has 19 heavy (non-hydrogen) atoms. The minimum Gasteiger partial charge on any atom is -0.492 e. The maximum absolute atomic E-state index is 6.02. The molecule has 0 aliphatic heterocycles. The fraction of sp³-hybridized carbons (Fsp3) is 0.625. The highest BCUT2D eigenvalue weighted by atomic mass is 79.9. The molecule has 1 atom stereocenters. The molecule has 0 saturated heterocycles. The highest BCUT2D eigenvalue weighted by molar-refractivity contribution is 9.11. The molecule has 1 unspecified atom stereocenters. The van der Waals surface area contributed by atoms with Crippen molar-refractivity contribution in [2.75, 3.05) is 6.61 Å². The van der Waals surface area contributed by atoms with E-state index in [0.29, 0.717) is 5.92 Å². The number of hydrogen-bond donors (Lipinski definition) is 0. The fourth-order valence-corrected chi connectivity index (χ4v) is 3.39. The van der Waals surface area contributed by atoms with E-state index in [4.69, 9.17) is 4.74 Å². The van der Waals surface area contributed by atoms with Gasteiger partial charge in [-0.3, -0.25) is 0 Å². The zero-order valence-corrected chi connectivity index (χ0v) is 15.3. The van der Waals surface area contributed by atoms with Crippen LogP contribution in [-0.4, -0.2) is 6.61 Å². The van der Waals surface area contributed by atoms with Crippen molar-refractivity contribution in [3.05, 3.63) is 26.6 Å². The summed E-state index contributed by atoms with van der Waals surface area (Å²) in [7, 11) is 0. The third kappa shape index (κ3) is 5.47. The van der Waals surface area contributed by atoms with Gasteiger partial charge in [0.2, 0.25) is 0 Å². The van der Waals surface area contributed by atoms with E-state index in [2.05, 4.69) is 64.8 Å². The molecule has 0 fully saturated rings. The number of benzene rings is 1. The van der Waals surface area contributed by atoms with Gasteiger partial charge in [-0.1, -0.05) is 56.0 Å². The molecular weight excluding hydrogens is 368 g/mol. The molecule has 1 aromatic rings. The van der Waals surface area contributed by atoms with Gasteiger partial charge in [0.15, 0.2) is 0 Å². The van der Waals surface area contributed by atoms with E-state index in [1.54, 1.807) is 0 Å². The van der Waals surface area contributed by atoms with Gasteiger partial charge in [0, 0.05) is 4.47 Å². The second-order valence-corrected chi connectivity index (χ2v) is 6.79. The molecule has 0 bridgehead atoms. The van der Waals surface area contributed by atoms with Crippen molar-refractivity contribution in [2.45, 2.75) is 58.8 Å². The van der Waals surface area contributed by atoms with E-state index in [1.807, 2.05) is 0 Å². The normalized spacial score (nSPS) is 12.5. The van der Waals surface area contributed by atoms with Crippen molar-refractivity contribution in [3.63, 3.8) is 0 Å². The third-order valence-corrected chi connectivity index (χ3v) is 4.47. The summed E-state index contributed by atoms with van der Waals surface area (Å²) in [6, 6.07) is 4.24. The first-order valence-electron chi connectivity index (χ1n) is 7.21. The average Bonchev–Trinajstić information content (AvgIpc) is 2.39. The Morgan fingerprint density at radius 1 is 1.11 bits per heavy atom. The zero-order chi connectivity index (χ0) is 14.3. The summed E-state index contributed by atoms with van der Waals surface area (Å²) >= 11 is 7.18. The molecule has 0 N–H and O–H groups in total. The maximum atomic E-state index is 6.02. The van der Waals surface area contributed by atoms with Crippen LogP contribution < -0.4 is 4.74 Å². The predicted molar refractivity (Wildman–Crippen MR) is 90.2 cm³/mol. The molecular formula is C16H24Br2O. The molecule has 0 spiro atoms. The van der Waals surface area contributed by atoms with Gasteiger partial charge >= 0.3 is 0 Å². The van der Waals surface area contributed by atoms with Gasteiger partial charge in [0.25, 0.3) is 0 Å². The minimum absolute atomic E-state index is 0.513. The van der Waals surface area contributed by atoms with Crippen LogP contribution in [0.4, 0.5) is 0 Å². The highest BCUT2D eigenvalue weighted by Gasteiger charge is 2.14. The van der Waals surface area contributed by atoms with Crippen LogP contribution in [0, 0.1) is 0 Å². The minimum atomic E-state index is 0.513. The second-order valence-electron chi connectivity index (χ2n) is 5.02. The first-order chi connectivity index (χ1) is 9.10. The molecule has 1 rings (SSSR count). The van der Waals surface area contributed by atoms with Crippen LogP contribution in [-0.2, 0) is 0 Å². The standard InChI is InChI=1S/C16H24Br2O/c1-4-6-7-8-9-19-16-14(12(3)5-2)10-13(17)11-15(16)18/h10-12H,4-9H2,1-3H3. The topological polar surface area (TPSA) is 9.23 Å². The Kier molecular flexibility index (Phi) is 8.08. The van der Waals surface area contributed by atoms with Crippen LogP contribution in [0.15, 0.2) is 21.1 Å². The Balaban J connectivity index is 2.74. The molecule has 0 heterocycles. The highest BCUT2D eigenvalue weighted by Crippen LogP contribution is 2.38. The predicted octanol–water partition coefficient (Wildman–Crippen LogP) is 6.68. The maximum Gasteiger partial charge on any atom is 0.136 e. The van der Waals surface area contributed by atoms with Crippen LogP contribution in [0.2, 0.25) is 0 Å². The zero-order valence-electron chi connectivity index (χ0n) is 12.1. The van der Waals surface area contributed by atoms with Crippen molar-refractivity contribution >= 4 is 31.9 Å². The SMILES string of the molecule is CCCCCCOc1c(Br)cc(Br)cc1C(C)CC. The van der Waals surface area contributed by atoms with Crippen molar-refractivity contribution in [3.8, 4) is 5.75 Å². The smallest absolute Gasteiger partial charge is 0.136 e. The molecule has 0 amide bonds. The lowest BCUT2D eigenvalue weighted by Crippen LogP contribution is -2.03. The van der Waals surface area contributed by atoms with Crippen LogP contribution in [0.3, 0.4) is 0 Å². The van der Waals surface area contributed by atoms with Gasteiger partial charge in [-0.25, -0.2) is 0 Å². The van der Waals surface area contributed by atoms with Crippen molar-refractivity contribution < 1.29 is 4.74 Å². The Morgan fingerprint density at radius 3 is 2.47 bits per heavy atom. The summed E-state index contributed by atoms with van der Waals surface area (Å²) in [4.78, 5) is 0. The Morgan fingerprint density at radius 2 is 1.84 bits per heavy atom. The molecule has 3 heteroatoms. The summed E-state index contributed by atoms with van der Waals surface area (Å²) in [5, 5.41) is 0. The molecule has 0 aliphatic rings. The average molecular weight is 392 g/mol. The third-order valence-electron chi connectivity index (χ3n) is 3.42. The fourth-order valence-electron chi connectivity index (χ4n) is 2.02. The first-order valence-corrected chi connectivity index (χ1v) is 8.80. The number of unbranched alkanes of at least 4 members (excludes halogenated alkanes) is 3. The van der Waals surface area contributed by atoms with Crippen LogP contribution >= 0.6 is 31.9 Å². The van der Waals surface area contributed by atoms with Gasteiger partial charge in [-0.05, 0) is 52.4 Å². The summed E-state index contributed by atoms with van der Waals surface area (Å²) in [6.45, 7) is 7.50. The Labute approximate surface area is 134 Å². The van der Waals surface area contributed by atoms with Gasteiger partial charge in [-0.15, -0.1) is 0 Å². The molecule has 1 nitrogen and oxygen atoms in total. The summed E-state index contributed by atoms with van der Waals surface area (Å²) in [5.74, 6) is 1.54. The van der Waals surface area contributed by atoms with Crippen molar-refractivity contribution in [1.29, 1.82) is 0 Å². The molecule has 108 valence electrons. The Hall–Kier alpha value is -0.0200. The number of ether oxygens (including phenoxy) is 1. The summed E-state index contributed by atoms with van der Waals surface area (Å²) in [5.41, 5.74) is 1.29. The lowest BCUT2D eigenvalue weighted by atomic mass is 9.98. The molecule has 1 aromatic carbocycles. The van der Waals surface area contributed by atoms with Crippen LogP contribution in [0.5, 0.6) is 5.75 Å². The molecule has 0 aromatic heterocycles. The van der Waals surface area contributed by atoms with E-state index < -0.39 is 0 Å². The van der Waals surface area contributed by atoms with Gasteiger partial charge in [-0.2, -0.15) is 0 Å². The first kappa shape index (κ1) is 17.0. The monoisotopic (exact) mass is 390 g/mol. The molecule has 0 saturated carbocycles. The van der Waals surface area contributed by atoms with E-state index in [-0.39, 0.29) is 0 Å². The van der Waals surface area contributed by atoms with Crippen LogP contribution in [0.25, 0.3) is 0 Å². The summed E-state index contributed by atoms with van der Waals surface area (Å²) in [6.07, 6.45) is 6.07. The van der Waals surface area contributed by atoms with Gasteiger partial charge < -0.3 is 4.74 Å². The van der Waals surface area contributed by atoms with Gasteiger partial charge in [0.05, 0.1) is 11.1 Å². The quantitative estimate of drug-likeness (QED) is 0.448. The van der Waals surface area contributed by atoms with Crippen molar-refractivity contribution in [1.82, 2.24) is 0 Å². The number of hydrogen-bond acceptors (Lipinski definition) is 1. The summed E-state index contributed by atoms with van der Waals surface area (Å²) < 4.78 is 8.18. The van der Waals surface area contributed by atoms with Crippen molar-refractivity contribution in [2.24, 2.45) is 0 Å². The lowest BCUT2D eigenvalue weighted by molar-refractivity contribution is 0.298. The molecule has 0 radical (unpaired) electrons. The molecule has 0 aliphatic carbocycles. The van der Waals surface area contributed by atoms with E-state index >= 15 is 0 Å². The van der Waals surface area contributed by atoms with E-state index in [0.717, 1.165) is 34.1 Å². The van der Waals surface area contributed by atoms with E-state index in [1.165, 1.54) is 24.8 Å². The lowest BCUT2D eigenvalue weighted by Gasteiger charge is -2.18. The largest absolute Gasteiger partial charge is 0.492 e. The van der Waals surface area contributed by atoms with E-state index in [9.17, 15) is 0 Å². The van der Waals surface area contributed by atoms with Crippen LogP contribution in [0.1, 0.15) is 64.4 Å². The Bertz CT molecular complexity index is 391. The second kappa shape index (κ2) is 9.02. The number of halogens is 2. The van der Waals surface area contributed by atoms with Gasteiger partial charge in [0.1, 0.15) is 5.75 Å².